The van der Waals surface area contributed by atoms with Crippen LogP contribution < -0.4 is 31.6 Å². The van der Waals surface area contributed by atoms with Gasteiger partial charge in [-0.2, -0.15) is 15.2 Å². The molecule has 0 unspecified atom stereocenters. The minimum atomic E-state index is -1.45. The number of tetrazole rings is 1. The standard InChI is InChI=1S/C23H34N8O2.C23H33N5O2.C3H9N3Si/c1-5-6-7-18(10-11-32-3)26-22-19(15(2)25-23(24)27-22)14-17-12-16(8-9-20(17)33-4)13-21-28-30-31-29-21;1-6-7-8-19(11-12-29-4)27-22-20(16(2)26-23(24)28-22)14-18-13-17(15-25-3)9-10-21(18)30-5;1-7(2,3)6-5-4/h8-9,12,18H,5-7,10-11,13-14H2,1-4H3,(H3,24,25,26,27)(H,28,29,30,31);9-10,13,19H,6-8,11-12,14-15H2,1-2,4-5H3,(H3,24,26,27,28);1-3H3/t18-;19-;/m00./s1. The average molecular weight is 981 g/mol. The van der Waals surface area contributed by atoms with Gasteiger partial charge in [0.05, 0.1) is 14.2 Å². The van der Waals surface area contributed by atoms with E-state index in [1.807, 2.05) is 63.8 Å². The molecule has 5 rings (SSSR count). The summed E-state index contributed by atoms with van der Waals surface area (Å²) in [5, 5.41) is 21.5. The third-order valence-electron chi connectivity index (χ3n) is 11.1. The topological polar surface area (TPSA) is 272 Å². The van der Waals surface area contributed by atoms with Crippen molar-refractivity contribution in [2.45, 2.75) is 137 Å². The number of benzene rings is 2. The fourth-order valence-electron chi connectivity index (χ4n) is 7.48. The van der Waals surface area contributed by atoms with Crippen LogP contribution in [0.2, 0.25) is 19.6 Å². The van der Waals surface area contributed by atoms with Crippen LogP contribution in [0.4, 0.5) is 23.5 Å². The Kier molecular flexibility index (Phi) is 25.4. The van der Waals surface area contributed by atoms with Gasteiger partial charge < -0.3 is 45.9 Å². The van der Waals surface area contributed by atoms with Crippen molar-refractivity contribution in [2.75, 3.05) is 63.8 Å². The summed E-state index contributed by atoms with van der Waals surface area (Å²) in [4.78, 5) is 24.1. The van der Waals surface area contributed by atoms with E-state index in [2.05, 4.69) is 85.6 Å². The van der Waals surface area contributed by atoms with E-state index in [0.717, 1.165) is 119 Å². The number of methoxy groups -OCH3 is 4. The molecule has 0 aliphatic carbocycles. The number of aromatic amines is 1. The molecule has 0 radical (unpaired) electrons. The molecule has 2 atom stereocenters. The number of aryl methyl sites for hydroxylation is 2. The number of azide groups is 1. The zero-order valence-corrected chi connectivity index (χ0v) is 44.2. The van der Waals surface area contributed by atoms with Gasteiger partial charge in [0.25, 0.3) is 0 Å². The number of H-pyrrole nitrogens is 1. The van der Waals surface area contributed by atoms with Gasteiger partial charge in [0.15, 0.2) is 5.82 Å². The quantitative estimate of drug-likeness (QED) is 0.0113. The van der Waals surface area contributed by atoms with Gasteiger partial charge >= 0.3 is 0 Å². The van der Waals surface area contributed by atoms with Gasteiger partial charge in [-0.05, 0) is 90.9 Å². The summed E-state index contributed by atoms with van der Waals surface area (Å²) in [6.07, 6.45) is 10.1. The smallest absolute Gasteiger partial charge is 0.239 e. The Morgan fingerprint density at radius 2 is 1.21 bits per heavy atom. The summed E-state index contributed by atoms with van der Waals surface area (Å²) < 4.78 is 25.4. The second-order valence-corrected chi connectivity index (χ2v) is 22.4. The van der Waals surface area contributed by atoms with Crippen molar-refractivity contribution < 1.29 is 18.9 Å². The van der Waals surface area contributed by atoms with Crippen LogP contribution >= 0.6 is 0 Å². The van der Waals surface area contributed by atoms with Crippen LogP contribution in [0.3, 0.4) is 0 Å². The molecule has 0 saturated heterocycles. The maximum Gasteiger partial charge on any atom is 0.239 e. The number of ether oxygens (including phenoxy) is 4. The van der Waals surface area contributed by atoms with Crippen LogP contribution in [-0.4, -0.2) is 103 Å². The SMILES string of the molecule is CCCC[C@@H](CCOC)Nc1nc(N)nc(C)c1Cc1cc(Cc2nn[nH]n2)ccc1OC.C[Si](C)(C)N=[N+]=[N-].[C-]#[N+]Cc1ccc(OC)c(Cc2c(C)nc(N)nc2N[C@@H](CCCC)CCOC)c1. The molecular weight excluding hydrogens is 905 g/mol. The lowest BCUT2D eigenvalue weighted by molar-refractivity contribution is 0.188. The predicted molar refractivity (Wildman–Crippen MR) is 281 cm³/mol. The Balaban J connectivity index is 0.000000327. The van der Waals surface area contributed by atoms with Gasteiger partial charge in [-0.25, -0.2) is 16.5 Å². The van der Waals surface area contributed by atoms with Crippen LogP contribution in [0.15, 0.2) is 41.2 Å². The summed E-state index contributed by atoms with van der Waals surface area (Å²) in [6, 6.07) is 12.4. The van der Waals surface area contributed by atoms with E-state index in [0.29, 0.717) is 44.8 Å². The van der Waals surface area contributed by atoms with E-state index >= 15 is 0 Å². The third-order valence-corrected chi connectivity index (χ3v) is 11.8. The largest absolute Gasteiger partial charge is 0.496 e. The summed E-state index contributed by atoms with van der Waals surface area (Å²) >= 11 is 0. The fourth-order valence-corrected chi connectivity index (χ4v) is 7.75. The Hall–Kier alpha value is -6.59. The lowest BCUT2D eigenvalue weighted by atomic mass is 9.99. The first-order valence-corrected chi connectivity index (χ1v) is 27.3. The highest BCUT2D eigenvalue weighted by atomic mass is 28.3. The third kappa shape index (κ3) is 20.2. The maximum atomic E-state index is 7.89. The normalized spacial score (nSPS) is 11.7. The van der Waals surface area contributed by atoms with Crippen molar-refractivity contribution in [3.63, 3.8) is 0 Å². The van der Waals surface area contributed by atoms with Gasteiger partial charge in [0.2, 0.25) is 18.4 Å². The van der Waals surface area contributed by atoms with Gasteiger partial charge in [-0.1, -0.05) is 76.5 Å². The first-order valence-electron chi connectivity index (χ1n) is 23.8. The van der Waals surface area contributed by atoms with Crippen LogP contribution in [0, 0.1) is 20.4 Å². The number of nitrogen functional groups attached to an aromatic ring is 2. The Labute approximate surface area is 415 Å². The molecule has 5 aromatic rings. The zero-order valence-electron chi connectivity index (χ0n) is 43.2. The lowest BCUT2D eigenvalue weighted by Gasteiger charge is -2.22. The lowest BCUT2D eigenvalue weighted by Crippen LogP contribution is -2.24. The van der Waals surface area contributed by atoms with Crippen LogP contribution in [0.5, 0.6) is 11.5 Å². The van der Waals surface area contributed by atoms with Crippen molar-refractivity contribution >= 4 is 31.8 Å². The summed E-state index contributed by atoms with van der Waals surface area (Å²) in [5.74, 6) is 4.27. The van der Waals surface area contributed by atoms with Gasteiger partial charge in [-0.3, -0.25) is 0 Å². The molecule has 3 aromatic heterocycles. The number of nitrogens with zero attached hydrogens (tertiary/aromatic N) is 11. The minimum Gasteiger partial charge on any atom is -0.496 e. The molecule has 0 aliphatic rings. The molecule has 0 aliphatic heterocycles. The summed E-state index contributed by atoms with van der Waals surface area (Å²) in [6.45, 7) is 23.1. The average Bonchev–Trinajstić information content (AvgIpc) is 3.83. The number of anilines is 4. The van der Waals surface area contributed by atoms with E-state index in [1.54, 1.807) is 28.4 Å². The molecule has 380 valence electrons. The number of hydrogen-bond acceptors (Lipinski definition) is 16. The number of aromatic nitrogens is 8. The zero-order chi connectivity index (χ0) is 51.5. The molecule has 0 bridgehead atoms. The van der Waals surface area contributed by atoms with E-state index in [1.165, 1.54) is 0 Å². The van der Waals surface area contributed by atoms with Gasteiger partial charge in [-0.15, -0.1) is 15.0 Å². The monoisotopic (exact) mass is 981 g/mol. The van der Waals surface area contributed by atoms with Crippen LogP contribution in [-0.2, 0) is 35.3 Å². The maximum absolute atomic E-state index is 7.89. The van der Waals surface area contributed by atoms with E-state index in [9.17, 15) is 0 Å². The van der Waals surface area contributed by atoms with Crippen molar-refractivity contribution in [1.82, 2.24) is 40.6 Å². The highest BCUT2D eigenvalue weighted by Crippen LogP contribution is 2.31. The number of hydrogen-bond donors (Lipinski definition) is 5. The molecule has 0 amide bonds. The number of nitrogens with one attached hydrogen (secondary N) is 3. The van der Waals surface area contributed by atoms with Crippen molar-refractivity contribution in [1.29, 1.82) is 0 Å². The Morgan fingerprint density at radius 3 is 1.60 bits per heavy atom. The van der Waals surface area contributed by atoms with Crippen molar-refractivity contribution in [2.24, 2.45) is 4.78 Å². The second-order valence-electron chi connectivity index (χ2n) is 17.8. The minimum absolute atomic E-state index is 0.240. The van der Waals surface area contributed by atoms with Crippen LogP contribution in [0.25, 0.3) is 15.3 Å². The number of rotatable bonds is 26. The predicted octanol–water partition coefficient (Wildman–Crippen LogP) is 9.60. The van der Waals surface area contributed by atoms with E-state index in [4.69, 9.17) is 42.5 Å². The first-order chi connectivity index (χ1) is 33.6. The number of nitrogens with two attached hydrogens (primary N) is 2. The Morgan fingerprint density at radius 1 is 0.729 bits per heavy atom. The molecule has 0 saturated carbocycles. The highest BCUT2D eigenvalue weighted by molar-refractivity contribution is 6.74. The summed E-state index contributed by atoms with van der Waals surface area (Å²) in [5.41, 5.74) is 27.6. The van der Waals surface area contributed by atoms with Crippen LogP contribution in [0.1, 0.15) is 116 Å². The van der Waals surface area contributed by atoms with Gasteiger partial charge in [0, 0.05) is 86.9 Å². The molecular formula is C49H76N16O4Si. The fraction of sp³-hybridized carbons (Fsp3) is 0.551. The molecule has 2 aromatic carbocycles. The second kappa shape index (κ2) is 30.8. The van der Waals surface area contributed by atoms with Crippen molar-refractivity contribution in [3.8, 4) is 11.5 Å². The molecule has 7 N–H and O–H groups in total. The molecule has 0 spiro atoms. The molecule has 70 heavy (non-hydrogen) atoms. The molecule has 20 nitrogen and oxygen atoms in total. The van der Waals surface area contributed by atoms with Gasteiger partial charge in [0.1, 0.15) is 31.4 Å². The molecule has 21 heteroatoms. The van der Waals surface area contributed by atoms with Crippen molar-refractivity contribution in [3.05, 3.63) is 109 Å². The van der Waals surface area contributed by atoms with E-state index < -0.39 is 8.24 Å². The van der Waals surface area contributed by atoms with E-state index in [-0.39, 0.29) is 24.0 Å². The Bertz CT molecular complexity index is 2400. The highest BCUT2D eigenvalue weighted by Gasteiger charge is 2.20. The molecule has 3 heterocycles. The number of unbranched alkanes of at least 4 members (excludes halogenated alkanes) is 2. The first kappa shape index (κ1) is 57.7. The summed E-state index contributed by atoms with van der Waals surface area (Å²) in [7, 11) is 5.33. The molecule has 0 fully saturated rings.